The second-order valence-corrected chi connectivity index (χ2v) is 11.9. The van der Waals surface area contributed by atoms with Gasteiger partial charge < -0.3 is 4.90 Å². The summed E-state index contributed by atoms with van der Waals surface area (Å²) in [5.74, 6) is 1.02. The molecule has 0 amide bonds. The fourth-order valence-corrected chi connectivity index (χ4v) is 7.27. The lowest BCUT2D eigenvalue weighted by molar-refractivity contribution is 0.739. The molecule has 1 aliphatic carbocycles. The molecule has 0 fully saturated rings. The van der Waals surface area contributed by atoms with Gasteiger partial charge in [0.05, 0.1) is 12.1 Å². The van der Waals surface area contributed by atoms with Gasteiger partial charge in [0, 0.05) is 11.3 Å². The van der Waals surface area contributed by atoms with Crippen LogP contribution in [0.3, 0.4) is 0 Å². The molecule has 7 aromatic rings. The van der Waals surface area contributed by atoms with E-state index < -0.39 is 0 Å². The molecule has 2 atom stereocenters. The summed E-state index contributed by atoms with van der Waals surface area (Å²) in [5, 5.41) is 7.58. The van der Waals surface area contributed by atoms with Crippen molar-refractivity contribution in [2.24, 2.45) is 4.99 Å². The fraction of sp³-hybridized carbons (Fsp3) is 0.0465. The molecular formula is C43H30N2. The molecule has 2 unspecified atom stereocenters. The summed E-state index contributed by atoms with van der Waals surface area (Å²) in [6.45, 7) is 0. The number of nitrogens with zero attached hydrogens (tertiary/aromatic N) is 2. The highest BCUT2D eigenvalue weighted by atomic mass is 15.3. The van der Waals surface area contributed by atoms with Gasteiger partial charge in [0.15, 0.2) is 0 Å². The van der Waals surface area contributed by atoms with Gasteiger partial charge in [-0.15, -0.1) is 0 Å². The smallest absolute Gasteiger partial charge is 0.136 e. The van der Waals surface area contributed by atoms with Crippen LogP contribution in [0.5, 0.6) is 0 Å². The van der Waals surface area contributed by atoms with Crippen molar-refractivity contribution in [1.82, 2.24) is 0 Å². The Morgan fingerprint density at radius 2 is 1.00 bits per heavy atom. The van der Waals surface area contributed by atoms with Gasteiger partial charge in [0.25, 0.3) is 0 Å². The van der Waals surface area contributed by atoms with Crippen LogP contribution < -0.4 is 4.90 Å². The molecule has 45 heavy (non-hydrogen) atoms. The first kappa shape index (κ1) is 25.7. The Bertz CT molecular complexity index is 2270. The second kappa shape index (κ2) is 10.5. The Balaban J connectivity index is 1.21. The Labute approximate surface area is 262 Å². The summed E-state index contributed by atoms with van der Waals surface area (Å²) in [4.78, 5) is 7.55. The first-order valence-electron chi connectivity index (χ1n) is 15.6. The number of aliphatic imine (C=N–C) groups is 1. The summed E-state index contributed by atoms with van der Waals surface area (Å²) < 4.78 is 0. The van der Waals surface area contributed by atoms with Crippen LogP contribution in [0.4, 0.5) is 5.69 Å². The average molecular weight is 575 g/mol. The topological polar surface area (TPSA) is 15.6 Å². The Morgan fingerprint density at radius 1 is 0.444 bits per heavy atom. The van der Waals surface area contributed by atoms with E-state index in [0.717, 1.165) is 17.1 Å². The van der Waals surface area contributed by atoms with Crippen LogP contribution in [-0.2, 0) is 0 Å². The van der Waals surface area contributed by atoms with Crippen molar-refractivity contribution in [3.05, 3.63) is 175 Å². The van der Waals surface area contributed by atoms with E-state index in [9.17, 15) is 0 Å². The van der Waals surface area contributed by atoms with Crippen molar-refractivity contribution in [1.29, 1.82) is 0 Å². The van der Waals surface area contributed by atoms with Crippen molar-refractivity contribution >= 4 is 43.8 Å². The van der Waals surface area contributed by atoms with Crippen LogP contribution in [0, 0.1) is 0 Å². The van der Waals surface area contributed by atoms with E-state index in [1.54, 1.807) is 0 Å². The molecule has 0 radical (unpaired) electrons. The molecule has 2 nitrogen and oxygen atoms in total. The molecule has 0 bridgehead atoms. The van der Waals surface area contributed by atoms with Crippen LogP contribution in [-0.4, -0.2) is 17.9 Å². The molecule has 1 heterocycles. The van der Waals surface area contributed by atoms with E-state index in [1.807, 2.05) is 0 Å². The molecule has 0 aromatic heterocycles. The quantitative estimate of drug-likeness (QED) is 0.191. The highest BCUT2D eigenvalue weighted by molar-refractivity contribution is 6.22. The summed E-state index contributed by atoms with van der Waals surface area (Å²) in [6.07, 6.45) is 8.72. The SMILES string of the molecule is C1=CC2N=C(c3ccccc3)N(c3ccc(-c4c5ccccc5c(-c5ccc6ccccc6c5)c5ccccc45)cc3)C2C=C1. The van der Waals surface area contributed by atoms with Gasteiger partial charge >= 0.3 is 0 Å². The molecule has 0 saturated heterocycles. The lowest BCUT2D eigenvalue weighted by atomic mass is 9.85. The molecule has 9 rings (SSSR count). The van der Waals surface area contributed by atoms with Crippen molar-refractivity contribution in [2.75, 3.05) is 4.90 Å². The Hall–Kier alpha value is -5.73. The second-order valence-electron chi connectivity index (χ2n) is 11.9. The monoisotopic (exact) mass is 574 g/mol. The molecule has 0 saturated carbocycles. The van der Waals surface area contributed by atoms with Gasteiger partial charge in [0.1, 0.15) is 5.84 Å². The highest BCUT2D eigenvalue weighted by Crippen LogP contribution is 2.44. The Morgan fingerprint density at radius 3 is 1.69 bits per heavy atom. The lowest BCUT2D eigenvalue weighted by Crippen LogP contribution is -2.39. The van der Waals surface area contributed by atoms with Crippen molar-refractivity contribution < 1.29 is 0 Å². The minimum Gasteiger partial charge on any atom is -0.317 e. The molecule has 2 heteroatoms. The van der Waals surface area contributed by atoms with E-state index in [1.165, 1.54) is 54.6 Å². The van der Waals surface area contributed by atoms with E-state index in [4.69, 9.17) is 4.99 Å². The maximum absolute atomic E-state index is 5.16. The number of benzene rings is 7. The van der Waals surface area contributed by atoms with Gasteiger partial charge in [-0.3, -0.25) is 4.99 Å². The third-order valence-electron chi connectivity index (χ3n) is 9.31. The maximum Gasteiger partial charge on any atom is 0.136 e. The fourth-order valence-electron chi connectivity index (χ4n) is 7.27. The summed E-state index contributed by atoms with van der Waals surface area (Å²) in [7, 11) is 0. The zero-order chi connectivity index (χ0) is 29.7. The lowest BCUT2D eigenvalue weighted by Gasteiger charge is -2.29. The zero-order valence-electron chi connectivity index (χ0n) is 24.7. The first-order valence-corrected chi connectivity index (χ1v) is 15.6. The van der Waals surface area contributed by atoms with E-state index in [2.05, 4.69) is 175 Å². The van der Waals surface area contributed by atoms with Gasteiger partial charge in [-0.25, -0.2) is 0 Å². The first-order chi connectivity index (χ1) is 22.3. The van der Waals surface area contributed by atoms with Crippen molar-refractivity contribution in [3.8, 4) is 22.3 Å². The van der Waals surface area contributed by atoms with Gasteiger partial charge in [-0.1, -0.05) is 152 Å². The van der Waals surface area contributed by atoms with Crippen LogP contribution in [0.25, 0.3) is 54.6 Å². The molecule has 0 spiro atoms. The normalized spacial score (nSPS) is 17.2. The van der Waals surface area contributed by atoms with E-state index in [0.29, 0.717) is 0 Å². The maximum atomic E-state index is 5.16. The number of rotatable bonds is 4. The highest BCUT2D eigenvalue weighted by Gasteiger charge is 2.35. The molecule has 1 aliphatic heterocycles. The molecular weight excluding hydrogens is 544 g/mol. The standard InChI is InChI=1S/C43H30N2/c1-2-13-31(14-3-1)43-44-39-20-10-11-21-40(39)45(43)34-26-24-30(25-27-34)41-35-16-6-8-18-37(35)42(38-19-9-7-17-36(38)41)33-23-22-29-12-4-5-15-32(29)28-33/h1-28,39-40H. The number of anilines is 1. The third-order valence-corrected chi connectivity index (χ3v) is 9.31. The third kappa shape index (κ3) is 4.22. The molecule has 7 aromatic carbocycles. The summed E-state index contributed by atoms with van der Waals surface area (Å²) in [6, 6.07) is 53.1. The minimum atomic E-state index is 0.112. The van der Waals surface area contributed by atoms with E-state index in [-0.39, 0.29) is 12.1 Å². The van der Waals surface area contributed by atoms with Gasteiger partial charge in [-0.05, 0) is 72.8 Å². The summed E-state index contributed by atoms with van der Waals surface area (Å²) >= 11 is 0. The largest absolute Gasteiger partial charge is 0.317 e. The molecule has 212 valence electrons. The van der Waals surface area contributed by atoms with Crippen molar-refractivity contribution in [2.45, 2.75) is 12.1 Å². The molecule has 0 N–H and O–H groups in total. The van der Waals surface area contributed by atoms with Crippen LogP contribution in [0.2, 0.25) is 0 Å². The van der Waals surface area contributed by atoms with Crippen LogP contribution >= 0.6 is 0 Å². The van der Waals surface area contributed by atoms with Gasteiger partial charge in [0.2, 0.25) is 0 Å². The number of amidine groups is 1. The van der Waals surface area contributed by atoms with E-state index >= 15 is 0 Å². The van der Waals surface area contributed by atoms with Crippen molar-refractivity contribution in [3.63, 3.8) is 0 Å². The summed E-state index contributed by atoms with van der Waals surface area (Å²) in [5.41, 5.74) is 7.30. The predicted molar refractivity (Wildman–Crippen MR) is 191 cm³/mol. The van der Waals surface area contributed by atoms with Gasteiger partial charge in [-0.2, -0.15) is 0 Å². The minimum absolute atomic E-state index is 0.112. The Kier molecular flexibility index (Phi) is 5.99. The average Bonchev–Trinajstić information content (AvgIpc) is 3.51. The van der Waals surface area contributed by atoms with Crippen LogP contribution in [0.1, 0.15) is 5.56 Å². The number of allylic oxidation sites excluding steroid dienone is 2. The number of hydrogen-bond donors (Lipinski definition) is 0. The number of hydrogen-bond acceptors (Lipinski definition) is 2. The predicted octanol–water partition coefficient (Wildman–Crippen LogP) is 10.6. The zero-order valence-corrected chi connectivity index (χ0v) is 24.7. The number of fused-ring (bicyclic) bond motifs is 4. The molecule has 2 aliphatic rings. The van der Waals surface area contributed by atoms with Crippen LogP contribution in [0.15, 0.2) is 175 Å².